The Balaban J connectivity index is 1.76. The molecular weight excluding hydrogens is 465 g/mol. The van der Waals surface area contributed by atoms with Gasteiger partial charge in [-0.15, -0.1) is 11.3 Å². The predicted molar refractivity (Wildman–Crippen MR) is 123 cm³/mol. The van der Waals surface area contributed by atoms with E-state index in [9.17, 15) is 18.8 Å². The quantitative estimate of drug-likeness (QED) is 0.420. The van der Waals surface area contributed by atoms with Gasteiger partial charge in [-0.1, -0.05) is 6.92 Å². The number of carbonyl (C=O) groups excluding carboxylic acids is 3. The Bertz CT molecular complexity index is 1170. The minimum absolute atomic E-state index is 0.00137. The van der Waals surface area contributed by atoms with Crippen molar-refractivity contribution in [3.8, 4) is 5.75 Å². The number of esters is 2. The van der Waals surface area contributed by atoms with Crippen molar-refractivity contribution in [2.24, 2.45) is 0 Å². The van der Waals surface area contributed by atoms with Gasteiger partial charge in [-0.3, -0.25) is 4.79 Å². The number of benzene rings is 1. The zero-order valence-electron chi connectivity index (χ0n) is 18.9. The first-order valence-corrected chi connectivity index (χ1v) is 11.4. The van der Waals surface area contributed by atoms with Gasteiger partial charge in [0.05, 0.1) is 18.8 Å². The summed E-state index contributed by atoms with van der Waals surface area (Å²) < 4.78 is 30.2. The smallest absolute Gasteiger partial charge is 0.348 e. The molecule has 180 valence electrons. The lowest BCUT2D eigenvalue weighted by Gasteiger charge is -2.07. The zero-order chi connectivity index (χ0) is 24.7. The second kappa shape index (κ2) is 11.4. The van der Waals surface area contributed by atoms with E-state index in [1.165, 1.54) is 35.0 Å². The van der Waals surface area contributed by atoms with Gasteiger partial charge in [0.15, 0.2) is 12.4 Å². The molecule has 0 aliphatic carbocycles. The number of aromatic nitrogens is 2. The number of anilines is 1. The Morgan fingerprint density at radius 2 is 1.82 bits per heavy atom. The topological polar surface area (TPSA) is 109 Å². The Morgan fingerprint density at radius 1 is 1.09 bits per heavy atom. The molecule has 0 spiro atoms. The summed E-state index contributed by atoms with van der Waals surface area (Å²) in [4.78, 5) is 38.0. The monoisotopic (exact) mass is 489 g/mol. The van der Waals surface area contributed by atoms with Crippen LogP contribution in [0.4, 0.5) is 9.39 Å². The van der Waals surface area contributed by atoms with E-state index in [1.807, 2.05) is 6.92 Å². The number of amides is 1. The van der Waals surface area contributed by atoms with E-state index < -0.39 is 17.8 Å². The SMILES string of the molecule is CCCOC(=O)c1c(NC(=O)c2ccn(COc3ccc(F)cc3)n2)sc(C(=O)OCC)c1C. The van der Waals surface area contributed by atoms with E-state index in [0.29, 0.717) is 17.7 Å². The van der Waals surface area contributed by atoms with Crippen molar-refractivity contribution < 1.29 is 33.0 Å². The Kier molecular flexibility index (Phi) is 8.36. The number of ether oxygens (including phenoxy) is 3. The van der Waals surface area contributed by atoms with E-state index in [4.69, 9.17) is 14.2 Å². The van der Waals surface area contributed by atoms with Gasteiger partial charge >= 0.3 is 11.9 Å². The second-order valence-corrected chi connectivity index (χ2v) is 8.06. The Labute approximate surface area is 199 Å². The van der Waals surface area contributed by atoms with E-state index in [2.05, 4.69) is 10.4 Å². The summed E-state index contributed by atoms with van der Waals surface area (Å²) >= 11 is 0.937. The lowest BCUT2D eigenvalue weighted by Crippen LogP contribution is -2.16. The molecule has 0 aliphatic heterocycles. The number of nitrogens with zero attached hydrogens (tertiary/aromatic N) is 2. The number of hydrogen-bond acceptors (Lipinski definition) is 8. The van der Waals surface area contributed by atoms with Crippen molar-refractivity contribution in [1.82, 2.24) is 9.78 Å². The highest BCUT2D eigenvalue weighted by molar-refractivity contribution is 7.18. The third-order valence-corrected chi connectivity index (χ3v) is 5.71. The number of carbonyl (C=O) groups is 3. The fraction of sp³-hybridized carbons (Fsp3) is 0.304. The average Bonchev–Trinajstić information content (AvgIpc) is 3.42. The van der Waals surface area contributed by atoms with Crippen LogP contribution in [0.2, 0.25) is 0 Å². The largest absolute Gasteiger partial charge is 0.471 e. The minimum atomic E-state index is -0.639. The van der Waals surface area contributed by atoms with Crippen LogP contribution in [0.1, 0.15) is 56.3 Å². The number of halogens is 1. The average molecular weight is 490 g/mol. The summed E-state index contributed by atoms with van der Waals surface area (Å²) in [5, 5.41) is 6.98. The van der Waals surface area contributed by atoms with Crippen LogP contribution in [0.25, 0.3) is 0 Å². The molecule has 0 saturated carbocycles. The van der Waals surface area contributed by atoms with Crippen LogP contribution in [0.3, 0.4) is 0 Å². The molecule has 0 radical (unpaired) electrons. The predicted octanol–water partition coefficient (Wildman–Crippen LogP) is 4.42. The van der Waals surface area contributed by atoms with Gasteiger partial charge in [0.25, 0.3) is 5.91 Å². The minimum Gasteiger partial charge on any atom is -0.471 e. The van der Waals surface area contributed by atoms with Gasteiger partial charge in [-0.05, 0) is 56.2 Å². The molecule has 34 heavy (non-hydrogen) atoms. The van der Waals surface area contributed by atoms with Gasteiger partial charge in [-0.25, -0.2) is 18.7 Å². The molecular formula is C23H24FN3O6S. The molecule has 1 N–H and O–H groups in total. The lowest BCUT2D eigenvalue weighted by atomic mass is 10.1. The third kappa shape index (κ3) is 5.98. The number of rotatable bonds is 10. The highest BCUT2D eigenvalue weighted by Crippen LogP contribution is 2.34. The van der Waals surface area contributed by atoms with Gasteiger partial charge < -0.3 is 19.5 Å². The van der Waals surface area contributed by atoms with Crippen molar-refractivity contribution in [2.75, 3.05) is 18.5 Å². The number of nitrogens with one attached hydrogen (secondary N) is 1. The molecule has 0 atom stereocenters. The highest BCUT2D eigenvalue weighted by Gasteiger charge is 2.28. The van der Waals surface area contributed by atoms with Crippen molar-refractivity contribution >= 4 is 34.2 Å². The maximum atomic E-state index is 13.0. The lowest BCUT2D eigenvalue weighted by molar-refractivity contribution is 0.0506. The number of thiophene rings is 1. The first kappa shape index (κ1) is 24.9. The molecule has 2 heterocycles. The third-order valence-electron chi connectivity index (χ3n) is 4.53. The summed E-state index contributed by atoms with van der Waals surface area (Å²) in [7, 11) is 0. The second-order valence-electron chi connectivity index (χ2n) is 7.04. The van der Waals surface area contributed by atoms with Crippen LogP contribution < -0.4 is 10.1 Å². The van der Waals surface area contributed by atoms with Crippen molar-refractivity contribution in [1.29, 1.82) is 0 Å². The molecule has 0 saturated heterocycles. The van der Waals surface area contributed by atoms with Gasteiger partial charge in [0.2, 0.25) is 0 Å². The van der Waals surface area contributed by atoms with E-state index in [0.717, 1.165) is 11.3 Å². The van der Waals surface area contributed by atoms with Crippen LogP contribution in [-0.2, 0) is 16.2 Å². The van der Waals surface area contributed by atoms with Crippen molar-refractivity contribution in [3.63, 3.8) is 0 Å². The summed E-state index contributed by atoms with van der Waals surface area (Å²) in [6, 6.07) is 6.98. The molecule has 1 amide bonds. The van der Waals surface area contributed by atoms with Crippen LogP contribution in [0.5, 0.6) is 5.75 Å². The molecule has 0 bridgehead atoms. The summed E-state index contributed by atoms with van der Waals surface area (Å²) in [6.45, 7) is 5.51. The zero-order valence-corrected chi connectivity index (χ0v) is 19.7. The van der Waals surface area contributed by atoms with Gasteiger partial charge in [0.1, 0.15) is 21.4 Å². The maximum Gasteiger partial charge on any atom is 0.348 e. The molecule has 0 unspecified atom stereocenters. The van der Waals surface area contributed by atoms with E-state index in [-0.39, 0.29) is 46.9 Å². The fourth-order valence-corrected chi connectivity index (χ4v) is 3.98. The molecule has 9 nitrogen and oxygen atoms in total. The van der Waals surface area contributed by atoms with Crippen LogP contribution in [0, 0.1) is 12.7 Å². The summed E-state index contributed by atoms with van der Waals surface area (Å²) in [6.07, 6.45) is 2.16. The molecule has 3 aromatic rings. The van der Waals surface area contributed by atoms with Gasteiger partial charge in [0, 0.05) is 6.20 Å². The van der Waals surface area contributed by atoms with Crippen LogP contribution in [-0.4, -0.2) is 40.8 Å². The van der Waals surface area contributed by atoms with Crippen molar-refractivity contribution in [2.45, 2.75) is 33.9 Å². The van der Waals surface area contributed by atoms with Gasteiger partial charge in [-0.2, -0.15) is 5.10 Å². The Hall–Kier alpha value is -3.73. The molecule has 0 fully saturated rings. The molecule has 3 rings (SSSR count). The molecule has 11 heteroatoms. The summed E-state index contributed by atoms with van der Waals surface area (Å²) in [5.74, 6) is -1.74. The maximum absolute atomic E-state index is 13.0. The Morgan fingerprint density at radius 3 is 2.50 bits per heavy atom. The van der Waals surface area contributed by atoms with Crippen molar-refractivity contribution in [3.05, 3.63) is 64.0 Å². The standard InChI is InChI=1S/C23H24FN3O6S/c1-4-12-32-22(29)18-14(3)19(23(30)31-5-2)34-21(18)25-20(28)17-10-11-27(26-17)13-33-16-8-6-15(24)7-9-16/h6-11H,4-5,12-13H2,1-3H3,(H,25,28). The number of hydrogen-bond donors (Lipinski definition) is 1. The molecule has 2 aromatic heterocycles. The first-order chi connectivity index (χ1) is 16.3. The van der Waals surface area contributed by atoms with E-state index >= 15 is 0 Å². The molecule has 1 aromatic carbocycles. The molecule has 0 aliphatic rings. The van der Waals surface area contributed by atoms with Crippen LogP contribution >= 0.6 is 11.3 Å². The first-order valence-electron chi connectivity index (χ1n) is 10.5. The van der Waals surface area contributed by atoms with E-state index in [1.54, 1.807) is 20.0 Å². The summed E-state index contributed by atoms with van der Waals surface area (Å²) in [5.41, 5.74) is 0.548. The van der Waals surface area contributed by atoms with Crippen LogP contribution in [0.15, 0.2) is 36.5 Å². The highest BCUT2D eigenvalue weighted by atomic mass is 32.1. The normalized spacial score (nSPS) is 10.6. The fourth-order valence-electron chi connectivity index (χ4n) is 2.90.